The predicted octanol–water partition coefficient (Wildman–Crippen LogP) is 2.68. The van der Waals surface area contributed by atoms with Crippen molar-refractivity contribution in [3.05, 3.63) is 59.7 Å². The first-order chi connectivity index (χ1) is 14.4. The molecule has 1 amide bonds. The molecule has 0 aliphatic heterocycles. The normalized spacial score (nSPS) is 11.8. The minimum atomic E-state index is -1.02. The number of carboxylic acid groups (broad SMARTS) is 1. The molecule has 0 aliphatic rings. The summed E-state index contributed by atoms with van der Waals surface area (Å²) in [5.41, 5.74) is 7.48. The molecule has 162 valence electrons. The van der Waals surface area contributed by atoms with Gasteiger partial charge in [-0.05, 0) is 55.5 Å². The Labute approximate surface area is 176 Å². The van der Waals surface area contributed by atoms with E-state index in [1.165, 1.54) is 12.1 Å². The number of amides is 1. The van der Waals surface area contributed by atoms with E-state index in [1.807, 2.05) is 6.92 Å². The minimum absolute atomic E-state index is 0.149. The number of carbonyl (C=O) groups excluding carboxylic acids is 1. The number of nitrogens with zero attached hydrogens (tertiary/aromatic N) is 1. The molecule has 0 aliphatic carbocycles. The quantitative estimate of drug-likeness (QED) is 0.404. The van der Waals surface area contributed by atoms with E-state index in [4.69, 9.17) is 25.1 Å². The fourth-order valence-corrected chi connectivity index (χ4v) is 2.73. The first kappa shape index (κ1) is 23.3. The molecule has 8 heteroatoms. The SMILES string of the molecule is COCCOCCO[C@@H](C)CN(C(=O)c1ccc(N)cc1)c1ccc(C(=O)O)cc1. The summed E-state index contributed by atoms with van der Waals surface area (Å²) in [6.07, 6.45) is -0.270. The van der Waals surface area contributed by atoms with Crippen molar-refractivity contribution in [2.75, 3.05) is 50.7 Å². The number of nitrogen functional groups attached to an aromatic ring is 1. The van der Waals surface area contributed by atoms with E-state index in [9.17, 15) is 9.59 Å². The van der Waals surface area contributed by atoms with Gasteiger partial charge in [0.15, 0.2) is 0 Å². The van der Waals surface area contributed by atoms with Crippen molar-refractivity contribution in [1.82, 2.24) is 0 Å². The van der Waals surface area contributed by atoms with Gasteiger partial charge in [0, 0.05) is 24.0 Å². The van der Waals surface area contributed by atoms with Crippen molar-refractivity contribution < 1.29 is 28.9 Å². The Hall–Kier alpha value is -2.94. The number of nitrogens with two attached hydrogens (primary N) is 1. The van der Waals surface area contributed by atoms with Crippen LogP contribution in [0.5, 0.6) is 0 Å². The molecule has 8 nitrogen and oxygen atoms in total. The summed E-state index contributed by atoms with van der Waals surface area (Å²) in [6, 6.07) is 12.8. The van der Waals surface area contributed by atoms with Gasteiger partial charge in [0.05, 0.1) is 44.6 Å². The van der Waals surface area contributed by atoms with Crippen LogP contribution in [0, 0.1) is 0 Å². The molecule has 3 N–H and O–H groups in total. The van der Waals surface area contributed by atoms with Crippen molar-refractivity contribution in [2.24, 2.45) is 0 Å². The summed E-state index contributed by atoms with van der Waals surface area (Å²) in [5, 5.41) is 9.12. The summed E-state index contributed by atoms with van der Waals surface area (Å²) >= 11 is 0. The molecule has 2 aromatic rings. The van der Waals surface area contributed by atoms with E-state index < -0.39 is 5.97 Å². The van der Waals surface area contributed by atoms with Crippen LogP contribution in [0.1, 0.15) is 27.6 Å². The van der Waals surface area contributed by atoms with Crippen molar-refractivity contribution in [2.45, 2.75) is 13.0 Å². The smallest absolute Gasteiger partial charge is 0.335 e. The van der Waals surface area contributed by atoms with Crippen LogP contribution < -0.4 is 10.6 Å². The highest BCUT2D eigenvalue weighted by molar-refractivity contribution is 6.06. The summed E-state index contributed by atoms with van der Waals surface area (Å²) < 4.78 is 16.1. The molecule has 0 radical (unpaired) electrons. The van der Waals surface area contributed by atoms with Crippen LogP contribution in [0.15, 0.2) is 48.5 Å². The second kappa shape index (κ2) is 11.9. The number of rotatable bonds is 12. The maximum absolute atomic E-state index is 13.1. The maximum atomic E-state index is 13.1. The summed E-state index contributed by atoms with van der Waals surface area (Å²) in [6.45, 7) is 3.97. The van der Waals surface area contributed by atoms with Crippen molar-refractivity contribution in [1.29, 1.82) is 0 Å². The fourth-order valence-electron chi connectivity index (χ4n) is 2.73. The maximum Gasteiger partial charge on any atom is 0.335 e. The second-order valence-corrected chi connectivity index (χ2v) is 6.68. The molecule has 0 bridgehead atoms. The van der Waals surface area contributed by atoms with Crippen LogP contribution in [0.2, 0.25) is 0 Å². The van der Waals surface area contributed by atoms with Gasteiger partial charge in [0.1, 0.15) is 0 Å². The highest BCUT2D eigenvalue weighted by Crippen LogP contribution is 2.20. The minimum Gasteiger partial charge on any atom is -0.478 e. The summed E-state index contributed by atoms with van der Waals surface area (Å²) in [4.78, 5) is 25.8. The predicted molar refractivity (Wildman–Crippen MR) is 114 cm³/mol. The number of hydrogen-bond donors (Lipinski definition) is 2. The van der Waals surface area contributed by atoms with Crippen LogP contribution in [0.4, 0.5) is 11.4 Å². The first-order valence-corrected chi connectivity index (χ1v) is 9.61. The van der Waals surface area contributed by atoms with Gasteiger partial charge < -0.3 is 30.0 Å². The highest BCUT2D eigenvalue weighted by Gasteiger charge is 2.21. The van der Waals surface area contributed by atoms with E-state index >= 15 is 0 Å². The number of carbonyl (C=O) groups is 2. The number of hydrogen-bond acceptors (Lipinski definition) is 6. The average Bonchev–Trinajstić information content (AvgIpc) is 2.74. The molecular formula is C22H28N2O6. The molecule has 0 saturated heterocycles. The summed E-state index contributed by atoms with van der Waals surface area (Å²) in [7, 11) is 1.61. The molecule has 2 rings (SSSR count). The van der Waals surface area contributed by atoms with Gasteiger partial charge >= 0.3 is 5.97 Å². The molecular weight excluding hydrogens is 388 g/mol. The Balaban J connectivity index is 2.09. The lowest BCUT2D eigenvalue weighted by molar-refractivity contribution is 0.00197. The highest BCUT2D eigenvalue weighted by atomic mass is 16.5. The van der Waals surface area contributed by atoms with Gasteiger partial charge in [-0.15, -0.1) is 0 Å². The third-order valence-electron chi connectivity index (χ3n) is 4.33. The molecule has 2 aromatic carbocycles. The van der Waals surface area contributed by atoms with Crippen molar-refractivity contribution in [3.8, 4) is 0 Å². The molecule has 1 atom stereocenters. The molecule has 0 unspecified atom stereocenters. The lowest BCUT2D eigenvalue weighted by atomic mass is 10.1. The van der Waals surface area contributed by atoms with E-state index in [1.54, 1.807) is 48.4 Å². The number of carboxylic acids is 1. The Morgan fingerprint density at radius 3 is 2.17 bits per heavy atom. The van der Waals surface area contributed by atoms with Crippen molar-refractivity contribution >= 4 is 23.3 Å². The third kappa shape index (κ3) is 7.14. The van der Waals surface area contributed by atoms with Crippen LogP contribution in [-0.4, -0.2) is 63.2 Å². The van der Waals surface area contributed by atoms with E-state index in [0.717, 1.165) is 0 Å². The van der Waals surface area contributed by atoms with Crippen LogP contribution >= 0.6 is 0 Å². The summed E-state index contributed by atoms with van der Waals surface area (Å²) in [5.74, 6) is -1.26. The second-order valence-electron chi connectivity index (χ2n) is 6.68. The Bertz CT molecular complexity index is 807. The largest absolute Gasteiger partial charge is 0.478 e. The molecule has 0 heterocycles. The molecule has 0 fully saturated rings. The zero-order valence-electron chi connectivity index (χ0n) is 17.2. The lowest BCUT2D eigenvalue weighted by Crippen LogP contribution is -2.38. The first-order valence-electron chi connectivity index (χ1n) is 9.61. The topological polar surface area (TPSA) is 111 Å². The van der Waals surface area contributed by atoms with Crippen LogP contribution in [0.25, 0.3) is 0 Å². The number of aromatic carboxylic acids is 1. The zero-order chi connectivity index (χ0) is 21.9. The van der Waals surface area contributed by atoms with Gasteiger partial charge in [0.2, 0.25) is 0 Å². The standard InChI is InChI=1S/C22H28N2O6/c1-16(30-14-13-29-12-11-28-2)15-24(20-9-5-18(6-10-20)22(26)27)21(25)17-3-7-19(23)8-4-17/h3-10,16H,11-15,23H2,1-2H3,(H,26,27)/t16-/m0/s1. The van der Waals surface area contributed by atoms with Crippen LogP contribution in [0.3, 0.4) is 0 Å². The van der Waals surface area contributed by atoms with Crippen molar-refractivity contribution in [3.63, 3.8) is 0 Å². The lowest BCUT2D eigenvalue weighted by Gasteiger charge is -2.26. The Morgan fingerprint density at radius 1 is 0.967 bits per heavy atom. The number of methoxy groups -OCH3 is 1. The number of benzene rings is 2. The van der Waals surface area contributed by atoms with E-state index in [-0.39, 0.29) is 24.1 Å². The van der Waals surface area contributed by atoms with Gasteiger partial charge in [-0.2, -0.15) is 0 Å². The number of anilines is 2. The average molecular weight is 416 g/mol. The van der Waals surface area contributed by atoms with E-state index in [2.05, 4.69) is 0 Å². The van der Waals surface area contributed by atoms with E-state index in [0.29, 0.717) is 43.4 Å². The molecule has 0 spiro atoms. The molecule has 0 aromatic heterocycles. The monoisotopic (exact) mass is 416 g/mol. The van der Waals surface area contributed by atoms with Crippen LogP contribution in [-0.2, 0) is 14.2 Å². The Morgan fingerprint density at radius 2 is 1.57 bits per heavy atom. The fraction of sp³-hybridized carbons (Fsp3) is 0.364. The van der Waals surface area contributed by atoms with Gasteiger partial charge in [-0.3, -0.25) is 4.79 Å². The third-order valence-corrected chi connectivity index (χ3v) is 4.33. The van der Waals surface area contributed by atoms with Gasteiger partial charge in [0.25, 0.3) is 5.91 Å². The number of ether oxygens (including phenoxy) is 3. The molecule has 30 heavy (non-hydrogen) atoms. The molecule has 0 saturated carbocycles. The van der Waals surface area contributed by atoms with Gasteiger partial charge in [-0.1, -0.05) is 0 Å². The van der Waals surface area contributed by atoms with Gasteiger partial charge in [-0.25, -0.2) is 4.79 Å². The zero-order valence-corrected chi connectivity index (χ0v) is 17.2. The Kier molecular flexibility index (Phi) is 9.27.